The molecule has 3 heterocycles. The maximum Gasteiger partial charge on any atom is 0.219 e. The van der Waals surface area contributed by atoms with Gasteiger partial charge in [-0.1, -0.05) is 6.07 Å². The minimum atomic E-state index is 0.192. The number of amides is 1. The Bertz CT molecular complexity index is 563. The number of carbonyl (C=O) groups is 1. The van der Waals surface area contributed by atoms with Crippen molar-refractivity contribution in [1.29, 1.82) is 0 Å². The van der Waals surface area contributed by atoms with Gasteiger partial charge in [-0.05, 0) is 24.3 Å². The Morgan fingerprint density at radius 2 is 2.19 bits per heavy atom. The fraction of sp³-hybridized carbons (Fsp3) is 0.625. The first kappa shape index (κ1) is 13.1. The molecule has 0 unspecified atom stereocenters. The summed E-state index contributed by atoms with van der Waals surface area (Å²) in [4.78, 5) is 19.9. The number of hydrogen-bond acceptors (Lipinski definition) is 4. The van der Waals surface area contributed by atoms with Crippen molar-refractivity contribution >= 4 is 5.91 Å². The van der Waals surface area contributed by atoms with Gasteiger partial charge in [0, 0.05) is 51.4 Å². The van der Waals surface area contributed by atoms with E-state index in [1.54, 1.807) is 20.1 Å². The van der Waals surface area contributed by atoms with Crippen LogP contribution in [0.25, 0.3) is 0 Å². The second-order valence-corrected chi connectivity index (χ2v) is 6.26. The minimum Gasteiger partial charge on any atom is -0.481 e. The number of methoxy groups -OCH3 is 1. The third kappa shape index (κ3) is 2.88. The molecule has 114 valence electrons. The van der Waals surface area contributed by atoms with Gasteiger partial charge in [-0.2, -0.15) is 0 Å². The summed E-state index contributed by atoms with van der Waals surface area (Å²) >= 11 is 0. The number of ether oxygens (including phenoxy) is 1. The van der Waals surface area contributed by atoms with Gasteiger partial charge in [-0.25, -0.2) is 4.98 Å². The van der Waals surface area contributed by atoms with Gasteiger partial charge < -0.3 is 9.64 Å². The first-order chi connectivity index (χ1) is 10.5. The minimum absolute atomic E-state index is 0.192. The highest BCUT2D eigenvalue weighted by atomic mass is 16.5. The Morgan fingerprint density at radius 1 is 1.48 bits per heavy atom. The summed E-state index contributed by atoms with van der Waals surface area (Å²) in [6.45, 7) is 6.40. The maximum absolute atomic E-state index is 11.4. The fourth-order valence-corrected chi connectivity index (χ4v) is 3.54. The number of nitrogens with zero attached hydrogens (tertiary/aromatic N) is 3. The summed E-state index contributed by atoms with van der Waals surface area (Å²) in [6.07, 6.45) is 2.44. The van der Waals surface area contributed by atoms with Gasteiger partial charge in [-0.3, -0.25) is 9.69 Å². The van der Waals surface area contributed by atoms with Gasteiger partial charge in [-0.15, -0.1) is 0 Å². The molecule has 2 aliphatic rings. The van der Waals surface area contributed by atoms with E-state index in [1.165, 1.54) is 0 Å². The molecule has 0 saturated carbocycles. The number of likely N-dealkylation sites (tertiary alicyclic amines) is 2. The molecule has 3 rings (SSSR count). The molecule has 1 spiro atoms. The van der Waals surface area contributed by atoms with E-state index >= 15 is 0 Å². The summed E-state index contributed by atoms with van der Waals surface area (Å²) < 4.78 is 12.8. The molecule has 5 nitrogen and oxygen atoms in total. The van der Waals surface area contributed by atoms with Crippen molar-refractivity contribution in [1.82, 2.24) is 14.8 Å². The average Bonchev–Trinajstić information content (AvgIpc) is 2.47. The van der Waals surface area contributed by atoms with Crippen LogP contribution in [0.15, 0.2) is 18.3 Å². The van der Waals surface area contributed by atoms with E-state index in [-0.39, 0.29) is 12.1 Å². The highest BCUT2D eigenvalue weighted by molar-refractivity contribution is 5.73. The van der Waals surface area contributed by atoms with Crippen LogP contribution < -0.4 is 4.74 Å². The largest absolute Gasteiger partial charge is 0.481 e. The predicted octanol–water partition coefficient (Wildman–Crippen LogP) is 1.53. The smallest absolute Gasteiger partial charge is 0.219 e. The molecule has 0 aliphatic carbocycles. The summed E-state index contributed by atoms with van der Waals surface area (Å²) in [7, 11) is 1.60. The Kier molecular flexibility index (Phi) is 3.51. The number of piperidine rings is 1. The molecule has 0 atom stereocenters. The van der Waals surface area contributed by atoms with Crippen LogP contribution in [0.2, 0.25) is 0 Å². The van der Waals surface area contributed by atoms with E-state index in [9.17, 15) is 4.79 Å². The summed E-state index contributed by atoms with van der Waals surface area (Å²) in [5.41, 5.74) is 1.43. The molecule has 21 heavy (non-hydrogen) atoms. The average molecular weight is 290 g/mol. The molecule has 5 heteroatoms. The van der Waals surface area contributed by atoms with E-state index in [2.05, 4.69) is 9.88 Å². The van der Waals surface area contributed by atoms with Crippen LogP contribution in [0.3, 0.4) is 0 Å². The standard InChI is InChI=1S/C16H23N3O2/c1-13(20)19-8-5-16(6-9-19)11-18(12-16)10-14-4-3-7-17-15(14)21-2/h3-4,7H,5-6,8-12H2,1-2H3/i7D. The molecule has 1 amide bonds. The highest BCUT2D eigenvalue weighted by Gasteiger charge is 2.44. The maximum atomic E-state index is 11.4. The monoisotopic (exact) mass is 290 g/mol. The zero-order valence-electron chi connectivity index (χ0n) is 13.8. The molecule has 0 bridgehead atoms. The van der Waals surface area contributed by atoms with Crippen LogP contribution in [-0.4, -0.2) is 54.0 Å². The third-order valence-electron chi connectivity index (χ3n) is 4.77. The number of aromatic nitrogens is 1. The van der Waals surface area contributed by atoms with Crippen LogP contribution in [0, 0.1) is 5.41 Å². The SMILES string of the molecule is [2H]c1ccc(CN2CC3(CCN(C(C)=O)CC3)C2)c(OC)n1. The zero-order chi connectivity index (χ0) is 15.7. The fourth-order valence-electron chi connectivity index (χ4n) is 3.54. The van der Waals surface area contributed by atoms with Gasteiger partial charge in [0.25, 0.3) is 0 Å². The first-order valence-corrected chi connectivity index (χ1v) is 7.50. The Balaban J connectivity index is 1.55. The van der Waals surface area contributed by atoms with Crippen LogP contribution in [0.1, 0.15) is 26.7 Å². The van der Waals surface area contributed by atoms with Gasteiger partial charge in [0.05, 0.1) is 8.48 Å². The molecule has 2 aliphatic heterocycles. The molecule has 0 N–H and O–H groups in total. The molecule has 0 aromatic carbocycles. The molecule has 1 aromatic heterocycles. The molecule has 0 radical (unpaired) electrons. The number of pyridine rings is 1. The van der Waals surface area contributed by atoms with Gasteiger partial charge in [0.1, 0.15) is 0 Å². The number of rotatable bonds is 3. The first-order valence-electron chi connectivity index (χ1n) is 8.00. The molecule has 2 fully saturated rings. The normalized spacial score (nSPS) is 21.8. The van der Waals surface area contributed by atoms with Gasteiger partial charge >= 0.3 is 0 Å². The van der Waals surface area contributed by atoms with E-state index in [0.29, 0.717) is 11.3 Å². The third-order valence-corrected chi connectivity index (χ3v) is 4.77. The summed E-state index contributed by atoms with van der Waals surface area (Å²) in [5, 5.41) is 0. The molecular formula is C16H23N3O2. The lowest BCUT2D eigenvalue weighted by molar-refractivity contribution is -0.134. The summed E-state index contributed by atoms with van der Waals surface area (Å²) in [6, 6.07) is 3.64. The Labute approximate surface area is 127 Å². The van der Waals surface area contributed by atoms with E-state index in [4.69, 9.17) is 6.11 Å². The van der Waals surface area contributed by atoms with E-state index in [0.717, 1.165) is 51.1 Å². The van der Waals surface area contributed by atoms with Crippen molar-refractivity contribution in [2.75, 3.05) is 33.3 Å². The molecular weight excluding hydrogens is 266 g/mol. The van der Waals surface area contributed by atoms with Gasteiger partial charge in [0.2, 0.25) is 11.8 Å². The van der Waals surface area contributed by atoms with Crippen molar-refractivity contribution in [2.45, 2.75) is 26.3 Å². The van der Waals surface area contributed by atoms with E-state index < -0.39 is 0 Å². The van der Waals surface area contributed by atoms with Gasteiger partial charge in [0.15, 0.2) is 0 Å². The summed E-state index contributed by atoms with van der Waals surface area (Å²) in [5.74, 6) is 0.747. The lowest BCUT2D eigenvalue weighted by Crippen LogP contribution is -2.60. The Morgan fingerprint density at radius 3 is 2.81 bits per heavy atom. The predicted molar refractivity (Wildman–Crippen MR) is 80.0 cm³/mol. The second-order valence-electron chi connectivity index (χ2n) is 6.26. The number of hydrogen-bond donors (Lipinski definition) is 0. The van der Waals surface area contributed by atoms with Crippen LogP contribution in [0.4, 0.5) is 0 Å². The Hall–Kier alpha value is -1.62. The topological polar surface area (TPSA) is 45.7 Å². The van der Waals surface area contributed by atoms with Crippen molar-refractivity contribution in [2.24, 2.45) is 5.41 Å². The van der Waals surface area contributed by atoms with Crippen LogP contribution >= 0.6 is 0 Å². The van der Waals surface area contributed by atoms with Crippen molar-refractivity contribution in [3.8, 4) is 5.88 Å². The quantitative estimate of drug-likeness (QED) is 0.847. The van der Waals surface area contributed by atoms with E-state index in [1.807, 2.05) is 11.0 Å². The number of carbonyl (C=O) groups excluding carboxylic acids is 1. The van der Waals surface area contributed by atoms with Crippen LogP contribution in [0.5, 0.6) is 5.88 Å². The van der Waals surface area contributed by atoms with Crippen molar-refractivity contribution < 1.29 is 10.9 Å². The molecule has 2 saturated heterocycles. The molecule has 1 aromatic rings. The lowest BCUT2D eigenvalue weighted by Gasteiger charge is -2.54. The van der Waals surface area contributed by atoms with Crippen LogP contribution in [-0.2, 0) is 11.3 Å². The second kappa shape index (κ2) is 5.64. The lowest BCUT2D eigenvalue weighted by atomic mass is 9.72. The van der Waals surface area contributed by atoms with Crippen molar-refractivity contribution in [3.05, 3.63) is 23.9 Å². The highest BCUT2D eigenvalue weighted by Crippen LogP contribution is 2.41. The zero-order valence-corrected chi connectivity index (χ0v) is 12.8. The van der Waals surface area contributed by atoms with Crippen molar-refractivity contribution in [3.63, 3.8) is 0 Å².